The monoisotopic (exact) mass is 1610 g/mol. The fraction of sp³-hybridized carbons (Fsp3) is 0.524. The summed E-state index contributed by atoms with van der Waals surface area (Å²) >= 11 is 9.29. The van der Waals surface area contributed by atoms with Crippen molar-refractivity contribution >= 4 is 95.1 Å². The molecule has 0 radical (unpaired) electrons. The standard InChI is InChI=1S/C82H103ClF3N11O9S4/c1-53(55-13-15-57(16-14-55)74-54(2)87-52-108-74)88-77(101)71-42-65(98)47-97(71)78(102)75(79(3,4)5)90-73(99)48-94-50-81(51-94)32-27-63(28-33-81)95-38-35-92(36-39-95)34-30-62(49-107-66-11-9-8-10-12-66)89-69-25-24-67(43-72(69)109(103,104)82(84,85)86)110(105,106)91-76(100)59-20-26-70-58(41-59)19-23-64-46-93(37-40-96(64)70)45-60-44-80(6,7)31-29-68(60)56-17-21-61(83)22-18-56/h8-18,20-22,24-26,41,43,52-53,62-65,71,75,89,98H,19,23,27-40,42,44-51H2,1-7H3,(H,88,101)(H,90,99)(H,91,100)/t53-,62+,64?,65+,71-,75+/m0/s1. The normalized spacial score (nSPS) is 21.8. The van der Waals surface area contributed by atoms with Gasteiger partial charge in [0.25, 0.3) is 25.8 Å². The van der Waals surface area contributed by atoms with Crippen LogP contribution in [0.2, 0.25) is 5.02 Å². The number of aryl methyl sites for hydroxylation is 2. The number of fused-ring (bicyclic) bond motifs is 3. The summed E-state index contributed by atoms with van der Waals surface area (Å²) in [4.78, 5) is 73.7. The van der Waals surface area contributed by atoms with Gasteiger partial charge >= 0.3 is 5.51 Å². The molecule has 6 atom stereocenters. The number of aliphatic hydroxyl groups is 1. The van der Waals surface area contributed by atoms with Gasteiger partial charge in [-0.2, -0.15) is 13.2 Å². The third-order valence-electron chi connectivity index (χ3n) is 23.7. The zero-order chi connectivity index (χ0) is 78.2. The van der Waals surface area contributed by atoms with Gasteiger partial charge in [-0.1, -0.05) is 106 Å². The summed E-state index contributed by atoms with van der Waals surface area (Å²) in [6, 6.07) is 30.8. The fourth-order valence-electron chi connectivity index (χ4n) is 17.5. The Morgan fingerprint density at radius 3 is 2.16 bits per heavy atom. The molecule has 6 aromatic rings. The summed E-state index contributed by atoms with van der Waals surface area (Å²) in [7, 11) is -11.1. The molecule has 2 aliphatic carbocycles. The van der Waals surface area contributed by atoms with Crippen LogP contribution in [0, 0.1) is 23.2 Å². The van der Waals surface area contributed by atoms with E-state index < -0.39 is 82.3 Å². The summed E-state index contributed by atoms with van der Waals surface area (Å²) in [6.45, 7) is 22.7. The van der Waals surface area contributed by atoms with Gasteiger partial charge in [0.05, 0.1) is 45.4 Å². The van der Waals surface area contributed by atoms with Crippen LogP contribution in [0.4, 0.5) is 24.5 Å². The highest BCUT2D eigenvalue weighted by Crippen LogP contribution is 2.47. The summed E-state index contributed by atoms with van der Waals surface area (Å²) < 4.78 is 102. The van der Waals surface area contributed by atoms with Gasteiger partial charge in [-0.3, -0.25) is 33.9 Å². The third kappa shape index (κ3) is 18.8. The van der Waals surface area contributed by atoms with E-state index in [4.69, 9.17) is 11.6 Å². The van der Waals surface area contributed by atoms with Crippen LogP contribution >= 0.6 is 34.7 Å². The minimum absolute atomic E-state index is 0.0266. The van der Waals surface area contributed by atoms with E-state index in [9.17, 15) is 54.3 Å². The third-order valence-corrected chi connectivity index (χ3v) is 28.9. The molecule has 28 heteroatoms. The number of nitrogens with zero attached hydrogens (tertiary/aromatic N) is 7. The van der Waals surface area contributed by atoms with Gasteiger partial charge < -0.3 is 35.8 Å². The first kappa shape index (κ1) is 81.1. The van der Waals surface area contributed by atoms with E-state index in [2.05, 4.69) is 71.4 Å². The van der Waals surface area contributed by atoms with E-state index in [-0.39, 0.29) is 59.8 Å². The Labute approximate surface area is 658 Å². The van der Waals surface area contributed by atoms with Crippen LogP contribution in [-0.2, 0) is 40.7 Å². The molecule has 13 rings (SSSR count). The number of hydrogen-bond donors (Lipinski definition) is 5. The van der Waals surface area contributed by atoms with Crippen LogP contribution in [0.1, 0.15) is 145 Å². The number of sulfonamides is 1. The van der Waals surface area contributed by atoms with Crippen LogP contribution < -0.4 is 25.6 Å². The number of sulfone groups is 1. The molecule has 6 heterocycles. The Balaban J connectivity index is 0.585. The number of hydrogen-bond acceptors (Lipinski definition) is 18. The highest BCUT2D eigenvalue weighted by atomic mass is 35.5. The van der Waals surface area contributed by atoms with E-state index in [0.717, 1.165) is 167 Å². The zero-order valence-corrected chi connectivity index (χ0v) is 67.8. The Kier molecular flexibility index (Phi) is 24.5. The largest absolute Gasteiger partial charge is 0.501 e. The van der Waals surface area contributed by atoms with Crippen molar-refractivity contribution < 1.29 is 54.3 Å². The van der Waals surface area contributed by atoms with Gasteiger partial charge in [0.2, 0.25) is 17.7 Å². The molecule has 7 aliphatic rings. The Bertz CT molecular complexity index is 4600. The number of allylic oxidation sites excluding steroid dienone is 1. The van der Waals surface area contributed by atoms with E-state index in [1.807, 2.05) is 118 Å². The van der Waals surface area contributed by atoms with E-state index in [1.165, 1.54) is 33.4 Å². The molecule has 5 fully saturated rings. The Hall–Kier alpha value is -6.92. The van der Waals surface area contributed by atoms with Crippen LogP contribution in [0.15, 0.2) is 141 Å². The number of anilines is 2. The number of halogens is 4. The van der Waals surface area contributed by atoms with Crippen LogP contribution in [0.25, 0.3) is 16.0 Å². The van der Waals surface area contributed by atoms with Gasteiger partial charge in [-0.25, -0.2) is 26.5 Å². The van der Waals surface area contributed by atoms with Crippen molar-refractivity contribution in [2.75, 3.05) is 101 Å². The van der Waals surface area contributed by atoms with Gasteiger partial charge in [0.1, 0.15) is 17.0 Å². The highest BCUT2D eigenvalue weighted by molar-refractivity contribution is 7.99. The summed E-state index contributed by atoms with van der Waals surface area (Å²) in [5.41, 5.74) is 3.97. The maximum atomic E-state index is 14.7. The summed E-state index contributed by atoms with van der Waals surface area (Å²) in [6.07, 6.45) is 8.14. The molecule has 5 aromatic carbocycles. The van der Waals surface area contributed by atoms with Crippen molar-refractivity contribution in [1.29, 1.82) is 0 Å². The molecule has 592 valence electrons. The van der Waals surface area contributed by atoms with Crippen molar-refractivity contribution in [3.63, 3.8) is 0 Å². The number of aromatic nitrogens is 1. The molecule has 0 bridgehead atoms. The predicted molar refractivity (Wildman–Crippen MR) is 427 cm³/mol. The lowest BCUT2D eigenvalue weighted by Gasteiger charge is -2.55. The van der Waals surface area contributed by atoms with Crippen LogP contribution in [0.5, 0.6) is 0 Å². The van der Waals surface area contributed by atoms with Crippen LogP contribution in [0.3, 0.4) is 0 Å². The lowest BCUT2D eigenvalue weighted by Crippen LogP contribution is -2.63. The number of β-amino-alcohol motifs (C(OH)–C–C–N with tert-alkyl or cyclic N) is 1. The van der Waals surface area contributed by atoms with Gasteiger partial charge in [-0.05, 0) is 183 Å². The molecule has 110 heavy (non-hydrogen) atoms. The lowest BCUT2D eigenvalue weighted by atomic mass is 9.67. The number of amides is 4. The first-order valence-corrected chi connectivity index (χ1v) is 43.7. The first-order valence-electron chi connectivity index (χ1n) is 38.5. The molecule has 4 saturated heterocycles. The van der Waals surface area contributed by atoms with Crippen molar-refractivity contribution in [2.45, 2.75) is 182 Å². The molecular formula is C82H103ClF3N11O9S4. The van der Waals surface area contributed by atoms with Crippen molar-refractivity contribution in [3.05, 3.63) is 159 Å². The molecule has 5 N–H and O–H groups in total. The summed E-state index contributed by atoms with van der Waals surface area (Å²) in [5.74, 6) is -1.75. The van der Waals surface area contributed by atoms with Crippen molar-refractivity contribution in [1.82, 2.24) is 44.8 Å². The number of likely N-dealkylation sites (tertiary alicyclic amines) is 2. The molecule has 1 saturated carbocycles. The number of nitrogens with one attached hydrogen (secondary N) is 4. The molecule has 4 amide bonds. The highest BCUT2D eigenvalue weighted by Gasteiger charge is 2.51. The molecule has 5 aliphatic heterocycles. The van der Waals surface area contributed by atoms with E-state index in [1.54, 1.807) is 23.5 Å². The second-order valence-electron chi connectivity index (χ2n) is 33.3. The number of carbonyl (C=O) groups excluding carboxylic acids is 4. The Morgan fingerprint density at radius 2 is 1.48 bits per heavy atom. The number of thioether (sulfide) groups is 1. The average Bonchev–Trinajstić information content (AvgIpc) is 0.944. The maximum absolute atomic E-state index is 14.7. The van der Waals surface area contributed by atoms with Crippen molar-refractivity contribution in [3.8, 4) is 10.4 Å². The number of benzene rings is 5. The minimum Gasteiger partial charge on any atom is -0.391 e. The summed E-state index contributed by atoms with van der Waals surface area (Å²) in [5, 5.41) is 20.8. The fourth-order valence-corrected chi connectivity index (χ4v) is 21.5. The minimum atomic E-state index is -6.15. The zero-order valence-electron chi connectivity index (χ0n) is 63.8. The molecule has 1 unspecified atom stereocenters. The number of aliphatic hydroxyl groups excluding tert-OH is 1. The lowest BCUT2D eigenvalue weighted by molar-refractivity contribution is -0.145. The quantitative estimate of drug-likeness (QED) is 0.0354. The van der Waals surface area contributed by atoms with E-state index in [0.29, 0.717) is 42.3 Å². The van der Waals surface area contributed by atoms with Gasteiger partial charge in [0, 0.05) is 130 Å². The van der Waals surface area contributed by atoms with Gasteiger partial charge in [-0.15, -0.1) is 23.1 Å². The average molecular weight is 1610 g/mol. The number of rotatable bonds is 24. The molecule has 1 spiro atoms. The smallest absolute Gasteiger partial charge is 0.391 e. The maximum Gasteiger partial charge on any atom is 0.501 e. The van der Waals surface area contributed by atoms with Crippen molar-refractivity contribution in [2.24, 2.45) is 16.2 Å². The number of piperazine rings is 2. The number of carbonyl (C=O) groups is 4. The number of alkyl halides is 3. The predicted octanol–water partition coefficient (Wildman–Crippen LogP) is 12.5. The SMILES string of the molecule is Cc1ncsc1-c1ccc([C@H](C)NC(=O)[C@@H]2C[C@@H](O)CN2C(=O)[C@@H](NC(=O)CN2CC3(CCC(N4CCN(CC[C@H](CSc5ccccc5)Nc5ccc(S(=O)(=O)NC(=O)c6ccc7c(c6)CCC6CN(CC8=C(c9ccc(Cl)cc9)CCC(C)(C)C8)CCN76)cc5S(=O)(=O)C(F)(F)F)CC4)CC3)C2)C(C)(C)C)cc1. The van der Waals surface area contributed by atoms with Gasteiger partial charge in [0.15, 0.2) is 0 Å². The number of thiazole rings is 1. The first-order chi connectivity index (χ1) is 52.2. The second-order valence-corrected chi connectivity index (χ2v) is 39.3. The molecular weight excluding hydrogens is 1500 g/mol. The second kappa shape index (κ2) is 33.3. The van der Waals surface area contributed by atoms with Crippen LogP contribution in [-0.4, -0.2) is 208 Å². The molecule has 1 aromatic heterocycles. The topological polar surface area (TPSA) is 237 Å². The van der Waals surface area contributed by atoms with E-state index >= 15 is 0 Å². The Morgan fingerprint density at radius 1 is 0.782 bits per heavy atom. The molecule has 20 nitrogen and oxygen atoms in total.